The van der Waals surface area contributed by atoms with Gasteiger partial charge in [0.25, 0.3) is 0 Å². The molecule has 0 amide bonds. The largest absolute Gasteiger partial charge is 0.480 e. The van der Waals surface area contributed by atoms with Crippen LogP contribution in [0.4, 0.5) is 0 Å². The van der Waals surface area contributed by atoms with Gasteiger partial charge in [0.2, 0.25) is 0 Å². The van der Waals surface area contributed by atoms with Crippen LogP contribution >= 0.6 is 11.6 Å². The predicted octanol–water partition coefficient (Wildman–Crippen LogP) is 0.304. The van der Waals surface area contributed by atoms with Crippen LogP contribution in [-0.4, -0.2) is 27.6 Å². The Morgan fingerprint density at radius 2 is 2.23 bits per heavy atom. The summed E-state index contributed by atoms with van der Waals surface area (Å²) in [6.07, 6.45) is 2.98. The van der Waals surface area contributed by atoms with Gasteiger partial charge < -0.3 is 10.4 Å². The molecule has 0 atom stereocenters. The van der Waals surface area contributed by atoms with E-state index in [0.717, 1.165) is 0 Å². The lowest BCUT2D eigenvalue weighted by atomic mass is 10.4. The third-order valence-corrected chi connectivity index (χ3v) is 1.61. The molecular formula is C7H8ClN3O2. The molecule has 1 heterocycles. The van der Waals surface area contributed by atoms with Gasteiger partial charge in [-0.25, -0.2) is 4.98 Å². The molecule has 0 unspecified atom stereocenters. The second kappa shape index (κ2) is 4.74. The van der Waals surface area contributed by atoms with Gasteiger partial charge in [-0.3, -0.25) is 9.78 Å². The van der Waals surface area contributed by atoms with Crippen LogP contribution in [-0.2, 0) is 11.3 Å². The van der Waals surface area contributed by atoms with Gasteiger partial charge in [-0.15, -0.1) is 0 Å². The first-order valence-electron chi connectivity index (χ1n) is 3.58. The van der Waals surface area contributed by atoms with Crippen molar-refractivity contribution in [3.63, 3.8) is 0 Å². The summed E-state index contributed by atoms with van der Waals surface area (Å²) in [6, 6.07) is 0. The van der Waals surface area contributed by atoms with Gasteiger partial charge in [0, 0.05) is 18.9 Å². The second-order valence-electron chi connectivity index (χ2n) is 2.29. The lowest BCUT2D eigenvalue weighted by Gasteiger charge is -2.01. The van der Waals surface area contributed by atoms with E-state index < -0.39 is 5.97 Å². The van der Waals surface area contributed by atoms with E-state index in [0.29, 0.717) is 17.4 Å². The molecule has 0 aliphatic carbocycles. The summed E-state index contributed by atoms with van der Waals surface area (Å²) in [5.41, 5.74) is 0.547. The number of rotatable bonds is 4. The van der Waals surface area contributed by atoms with Crippen molar-refractivity contribution >= 4 is 17.6 Å². The molecule has 13 heavy (non-hydrogen) atoms. The van der Waals surface area contributed by atoms with Gasteiger partial charge in [0.05, 0.1) is 12.2 Å². The lowest BCUT2D eigenvalue weighted by molar-refractivity contribution is -0.135. The maximum Gasteiger partial charge on any atom is 0.317 e. The smallest absolute Gasteiger partial charge is 0.317 e. The Balaban J connectivity index is 2.45. The number of hydrogen-bond acceptors (Lipinski definition) is 4. The molecule has 6 heteroatoms. The van der Waals surface area contributed by atoms with E-state index in [4.69, 9.17) is 16.7 Å². The average Bonchev–Trinajstić information content (AvgIpc) is 2.08. The van der Waals surface area contributed by atoms with Crippen molar-refractivity contribution in [2.24, 2.45) is 0 Å². The molecule has 0 aromatic carbocycles. The first-order chi connectivity index (χ1) is 6.20. The normalized spacial score (nSPS) is 9.92. The zero-order valence-electron chi connectivity index (χ0n) is 6.70. The van der Waals surface area contributed by atoms with Crippen LogP contribution in [0.15, 0.2) is 12.4 Å². The zero-order valence-corrected chi connectivity index (χ0v) is 7.45. The van der Waals surface area contributed by atoms with E-state index in [9.17, 15) is 4.79 Å². The molecule has 0 bridgehead atoms. The van der Waals surface area contributed by atoms with Crippen LogP contribution in [0.5, 0.6) is 0 Å². The molecule has 1 aromatic rings. The first kappa shape index (κ1) is 9.88. The molecule has 0 saturated heterocycles. The number of nitrogens with one attached hydrogen (secondary N) is 1. The van der Waals surface area contributed by atoms with E-state index in [1.54, 1.807) is 0 Å². The Labute approximate surface area is 79.8 Å². The molecule has 5 nitrogen and oxygen atoms in total. The lowest BCUT2D eigenvalue weighted by Crippen LogP contribution is -2.22. The molecule has 0 aliphatic rings. The number of nitrogens with zero attached hydrogens (tertiary/aromatic N) is 2. The van der Waals surface area contributed by atoms with Crippen molar-refractivity contribution in [2.75, 3.05) is 6.54 Å². The Hall–Kier alpha value is -1.20. The Morgan fingerprint density at radius 1 is 1.54 bits per heavy atom. The van der Waals surface area contributed by atoms with Gasteiger partial charge in [-0.2, -0.15) is 0 Å². The van der Waals surface area contributed by atoms with E-state index in [1.165, 1.54) is 12.4 Å². The Kier molecular flexibility index (Phi) is 3.60. The van der Waals surface area contributed by atoms with Crippen molar-refractivity contribution in [1.29, 1.82) is 0 Å². The third kappa shape index (κ3) is 3.35. The third-order valence-electron chi connectivity index (χ3n) is 1.29. The zero-order chi connectivity index (χ0) is 9.68. The SMILES string of the molecule is O=C(O)CNCc1nccnc1Cl. The summed E-state index contributed by atoms with van der Waals surface area (Å²) in [5.74, 6) is -0.917. The van der Waals surface area contributed by atoms with Gasteiger partial charge >= 0.3 is 5.97 Å². The maximum absolute atomic E-state index is 10.1. The van der Waals surface area contributed by atoms with E-state index in [2.05, 4.69) is 15.3 Å². The van der Waals surface area contributed by atoms with Gasteiger partial charge in [-0.05, 0) is 0 Å². The van der Waals surface area contributed by atoms with E-state index >= 15 is 0 Å². The Bertz CT molecular complexity index is 306. The standard InChI is InChI=1S/C7H8ClN3O2/c8-7-5(10-1-2-11-7)3-9-4-6(12)13/h1-2,9H,3-4H2,(H,12,13). The van der Waals surface area contributed by atoms with Crippen LogP contribution < -0.4 is 5.32 Å². The van der Waals surface area contributed by atoms with Crippen molar-refractivity contribution in [1.82, 2.24) is 15.3 Å². The molecule has 1 aromatic heterocycles. The molecule has 0 fully saturated rings. The number of carboxylic acid groups (broad SMARTS) is 1. The van der Waals surface area contributed by atoms with Gasteiger partial charge in [0.15, 0.2) is 5.15 Å². The number of aliphatic carboxylic acids is 1. The topological polar surface area (TPSA) is 75.1 Å². The fourth-order valence-electron chi connectivity index (χ4n) is 0.756. The highest BCUT2D eigenvalue weighted by Crippen LogP contribution is 2.06. The molecule has 70 valence electrons. The van der Waals surface area contributed by atoms with Crippen LogP contribution in [0, 0.1) is 0 Å². The summed E-state index contributed by atoms with van der Waals surface area (Å²) in [4.78, 5) is 17.9. The monoisotopic (exact) mass is 201 g/mol. The van der Waals surface area contributed by atoms with E-state index in [-0.39, 0.29) is 6.54 Å². The summed E-state index contributed by atoms with van der Waals surface area (Å²) in [6.45, 7) is 0.186. The summed E-state index contributed by atoms with van der Waals surface area (Å²) in [5, 5.41) is 11.3. The van der Waals surface area contributed by atoms with Crippen molar-refractivity contribution in [3.8, 4) is 0 Å². The molecule has 2 N–H and O–H groups in total. The second-order valence-corrected chi connectivity index (χ2v) is 2.65. The number of hydrogen-bond donors (Lipinski definition) is 2. The highest BCUT2D eigenvalue weighted by atomic mass is 35.5. The number of carbonyl (C=O) groups is 1. The maximum atomic E-state index is 10.1. The minimum Gasteiger partial charge on any atom is -0.480 e. The summed E-state index contributed by atoms with van der Waals surface area (Å²) >= 11 is 5.68. The van der Waals surface area contributed by atoms with Crippen LogP contribution in [0.3, 0.4) is 0 Å². The predicted molar refractivity (Wildman–Crippen MR) is 46.4 cm³/mol. The van der Waals surface area contributed by atoms with Crippen LogP contribution in [0.1, 0.15) is 5.69 Å². The minimum absolute atomic E-state index is 0.118. The fraction of sp³-hybridized carbons (Fsp3) is 0.286. The summed E-state index contributed by atoms with van der Waals surface area (Å²) < 4.78 is 0. The van der Waals surface area contributed by atoms with Crippen LogP contribution in [0.2, 0.25) is 5.15 Å². The molecular weight excluding hydrogens is 194 g/mol. The average molecular weight is 202 g/mol. The first-order valence-corrected chi connectivity index (χ1v) is 3.96. The van der Waals surface area contributed by atoms with Gasteiger partial charge in [-0.1, -0.05) is 11.6 Å². The number of carboxylic acids is 1. The van der Waals surface area contributed by atoms with Gasteiger partial charge in [0.1, 0.15) is 0 Å². The quantitative estimate of drug-likeness (QED) is 0.733. The molecule has 1 rings (SSSR count). The van der Waals surface area contributed by atoms with Crippen molar-refractivity contribution in [3.05, 3.63) is 23.2 Å². The highest BCUT2D eigenvalue weighted by Gasteiger charge is 2.02. The molecule has 0 spiro atoms. The number of halogens is 1. The fourth-order valence-corrected chi connectivity index (χ4v) is 0.928. The molecule has 0 radical (unpaired) electrons. The van der Waals surface area contributed by atoms with Crippen molar-refractivity contribution in [2.45, 2.75) is 6.54 Å². The van der Waals surface area contributed by atoms with Crippen LogP contribution in [0.25, 0.3) is 0 Å². The summed E-state index contributed by atoms with van der Waals surface area (Å²) in [7, 11) is 0. The molecule has 0 aliphatic heterocycles. The van der Waals surface area contributed by atoms with E-state index in [1.807, 2.05) is 0 Å². The minimum atomic E-state index is -0.917. The van der Waals surface area contributed by atoms with Crippen molar-refractivity contribution < 1.29 is 9.90 Å². The Morgan fingerprint density at radius 3 is 2.85 bits per heavy atom. The number of aromatic nitrogens is 2. The molecule has 0 saturated carbocycles. The highest BCUT2D eigenvalue weighted by molar-refractivity contribution is 6.29.